The zero-order valence-corrected chi connectivity index (χ0v) is 11.4. The quantitative estimate of drug-likeness (QED) is 0.790. The van der Waals surface area contributed by atoms with Crippen LogP contribution in [-0.2, 0) is 9.47 Å². The van der Waals surface area contributed by atoms with E-state index in [1.54, 1.807) is 18.2 Å². The number of aliphatic hydroxyl groups excluding tert-OH is 1. The zero-order chi connectivity index (χ0) is 14.2. The molecule has 5 heteroatoms. The van der Waals surface area contributed by atoms with Crippen LogP contribution in [0.2, 0.25) is 0 Å². The minimum Gasteiger partial charge on any atom is -0.389 e. The molecule has 2 N–H and O–H groups in total. The molecule has 1 aliphatic heterocycles. The Morgan fingerprint density at radius 2 is 2.45 bits per heavy atom. The van der Waals surface area contributed by atoms with Crippen molar-refractivity contribution in [2.75, 3.05) is 31.7 Å². The van der Waals surface area contributed by atoms with Crippen LogP contribution in [0.3, 0.4) is 0 Å². The molecule has 0 aliphatic carbocycles. The van der Waals surface area contributed by atoms with Gasteiger partial charge in [-0.3, -0.25) is 0 Å². The van der Waals surface area contributed by atoms with E-state index in [4.69, 9.17) is 14.7 Å². The molecule has 2 unspecified atom stereocenters. The molecular weight excluding hydrogens is 256 g/mol. The van der Waals surface area contributed by atoms with E-state index in [0.717, 1.165) is 25.1 Å². The van der Waals surface area contributed by atoms with E-state index in [-0.39, 0.29) is 12.7 Å². The lowest BCUT2D eigenvalue weighted by Crippen LogP contribution is -2.27. The Hall–Kier alpha value is -1.61. The van der Waals surface area contributed by atoms with Crippen molar-refractivity contribution < 1.29 is 14.6 Å². The summed E-state index contributed by atoms with van der Waals surface area (Å²) in [4.78, 5) is 0. The number of nitrogens with zero attached hydrogens (tertiary/aromatic N) is 1. The number of benzene rings is 1. The Labute approximate surface area is 119 Å². The van der Waals surface area contributed by atoms with Crippen LogP contribution in [0.15, 0.2) is 24.3 Å². The van der Waals surface area contributed by atoms with Crippen LogP contribution in [0.4, 0.5) is 5.69 Å². The Kier molecular flexibility index (Phi) is 5.81. The monoisotopic (exact) mass is 276 g/mol. The van der Waals surface area contributed by atoms with Crippen molar-refractivity contribution >= 4 is 5.69 Å². The molecule has 1 aliphatic rings. The Morgan fingerprint density at radius 1 is 1.55 bits per heavy atom. The maximum Gasteiger partial charge on any atom is 0.0992 e. The van der Waals surface area contributed by atoms with Crippen LogP contribution in [0, 0.1) is 11.3 Å². The Balaban J connectivity index is 1.64. The third kappa shape index (κ3) is 4.82. The highest BCUT2D eigenvalue weighted by Crippen LogP contribution is 2.12. The van der Waals surface area contributed by atoms with Crippen LogP contribution in [0.25, 0.3) is 0 Å². The van der Waals surface area contributed by atoms with E-state index >= 15 is 0 Å². The first kappa shape index (κ1) is 14.8. The van der Waals surface area contributed by atoms with Gasteiger partial charge in [0.1, 0.15) is 0 Å². The summed E-state index contributed by atoms with van der Waals surface area (Å²) in [5, 5.41) is 21.7. The van der Waals surface area contributed by atoms with Crippen molar-refractivity contribution in [2.24, 2.45) is 0 Å². The summed E-state index contributed by atoms with van der Waals surface area (Å²) < 4.78 is 10.9. The second-order valence-electron chi connectivity index (χ2n) is 4.90. The van der Waals surface area contributed by atoms with Gasteiger partial charge in [0.15, 0.2) is 0 Å². The SMILES string of the molecule is N#Cc1cccc(NCC(O)COCC2CCCO2)c1. The molecule has 0 spiro atoms. The van der Waals surface area contributed by atoms with Gasteiger partial charge in [-0.05, 0) is 31.0 Å². The van der Waals surface area contributed by atoms with E-state index in [9.17, 15) is 5.11 Å². The molecule has 0 amide bonds. The molecule has 0 saturated carbocycles. The summed E-state index contributed by atoms with van der Waals surface area (Å²) in [7, 11) is 0. The van der Waals surface area contributed by atoms with Gasteiger partial charge in [0.25, 0.3) is 0 Å². The smallest absolute Gasteiger partial charge is 0.0992 e. The molecule has 108 valence electrons. The van der Waals surface area contributed by atoms with Gasteiger partial charge in [-0.25, -0.2) is 0 Å². The fourth-order valence-electron chi connectivity index (χ4n) is 2.10. The fraction of sp³-hybridized carbons (Fsp3) is 0.533. The molecule has 20 heavy (non-hydrogen) atoms. The van der Waals surface area contributed by atoms with Gasteiger partial charge in [0.2, 0.25) is 0 Å². The molecule has 0 aromatic heterocycles. The predicted octanol–water partition coefficient (Wildman–Crippen LogP) is 1.53. The number of nitrogens with one attached hydrogen (secondary N) is 1. The molecular formula is C15H20N2O3. The largest absolute Gasteiger partial charge is 0.389 e. The lowest BCUT2D eigenvalue weighted by molar-refractivity contribution is -0.0137. The molecule has 1 heterocycles. The zero-order valence-electron chi connectivity index (χ0n) is 11.4. The minimum absolute atomic E-state index is 0.183. The van der Waals surface area contributed by atoms with E-state index < -0.39 is 6.10 Å². The highest BCUT2D eigenvalue weighted by atomic mass is 16.5. The number of aliphatic hydroxyl groups is 1. The van der Waals surface area contributed by atoms with Crippen molar-refractivity contribution in [3.8, 4) is 6.07 Å². The van der Waals surface area contributed by atoms with E-state index in [2.05, 4.69) is 11.4 Å². The summed E-state index contributed by atoms with van der Waals surface area (Å²) >= 11 is 0. The van der Waals surface area contributed by atoms with Gasteiger partial charge in [-0.1, -0.05) is 6.07 Å². The second kappa shape index (κ2) is 7.85. The van der Waals surface area contributed by atoms with Crippen molar-refractivity contribution in [3.05, 3.63) is 29.8 Å². The highest BCUT2D eigenvalue weighted by molar-refractivity contribution is 5.49. The van der Waals surface area contributed by atoms with Crippen molar-refractivity contribution in [1.29, 1.82) is 5.26 Å². The van der Waals surface area contributed by atoms with E-state index in [1.165, 1.54) is 0 Å². The van der Waals surface area contributed by atoms with Crippen molar-refractivity contribution in [3.63, 3.8) is 0 Å². The van der Waals surface area contributed by atoms with Crippen LogP contribution in [0.1, 0.15) is 18.4 Å². The number of ether oxygens (including phenoxy) is 2. The predicted molar refractivity (Wildman–Crippen MR) is 75.4 cm³/mol. The number of anilines is 1. The molecule has 2 atom stereocenters. The average Bonchev–Trinajstić information content (AvgIpc) is 2.98. The standard InChI is InChI=1S/C15H20N2O3/c16-8-12-3-1-4-13(7-12)17-9-14(18)10-19-11-15-5-2-6-20-15/h1,3-4,7,14-15,17-18H,2,5-6,9-11H2. The van der Waals surface area contributed by atoms with Crippen molar-refractivity contribution in [1.82, 2.24) is 0 Å². The first-order chi connectivity index (χ1) is 9.78. The second-order valence-corrected chi connectivity index (χ2v) is 4.90. The van der Waals surface area contributed by atoms with Gasteiger partial charge in [-0.15, -0.1) is 0 Å². The first-order valence-electron chi connectivity index (χ1n) is 6.89. The summed E-state index contributed by atoms with van der Waals surface area (Å²) in [6, 6.07) is 9.24. The normalized spacial score (nSPS) is 19.5. The highest BCUT2D eigenvalue weighted by Gasteiger charge is 2.16. The molecule has 1 fully saturated rings. The summed E-state index contributed by atoms with van der Waals surface area (Å²) in [6.45, 7) is 2.03. The molecule has 1 saturated heterocycles. The molecule has 1 aromatic rings. The molecule has 5 nitrogen and oxygen atoms in total. The summed E-state index contributed by atoms with van der Waals surface area (Å²) in [5.41, 5.74) is 1.42. The Morgan fingerprint density at radius 3 is 3.20 bits per heavy atom. The van der Waals surface area contributed by atoms with Gasteiger partial charge >= 0.3 is 0 Å². The number of rotatable bonds is 7. The molecule has 0 radical (unpaired) electrons. The van der Waals surface area contributed by atoms with Crippen LogP contribution in [-0.4, -0.2) is 43.7 Å². The minimum atomic E-state index is -0.581. The van der Waals surface area contributed by atoms with Gasteiger partial charge in [-0.2, -0.15) is 5.26 Å². The van der Waals surface area contributed by atoms with Crippen LogP contribution < -0.4 is 5.32 Å². The summed E-state index contributed by atoms with van der Waals surface area (Å²) in [6.07, 6.45) is 1.73. The molecule has 1 aromatic carbocycles. The number of hydrogen-bond acceptors (Lipinski definition) is 5. The van der Waals surface area contributed by atoms with Gasteiger partial charge < -0.3 is 19.9 Å². The van der Waals surface area contributed by atoms with E-state index in [0.29, 0.717) is 18.7 Å². The average molecular weight is 276 g/mol. The van der Waals surface area contributed by atoms with Crippen LogP contribution in [0.5, 0.6) is 0 Å². The van der Waals surface area contributed by atoms with E-state index in [1.807, 2.05) is 6.07 Å². The molecule has 2 rings (SSSR count). The van der Waals surface area contributed by atoms with Crippen molar-refractivity contribution in [2.45, 2.75) is 25.0 Å². The maximum absolute atomic E-state index is 9.82. The topological polar surface area (TPSA) is 74.5 Å². The van der Waals surface area contributed by atoms with Gasteiger partial charge in [0, 0.05) is 18.8 Å². The number of hydrogen-bond donors (Lipinski definition) is 2. The first-order valence-corrected chi connectivity index (χ1v) is 6.89. The lowest BCUT2D eigenvalue weighted by atomic mass is 10.2. The van der Waals surface area contributed by atoms with Crippen LogP contribution >= 0.6 is 0 Å². The fourth-order valence-corrected chi connectivity index (χ4v) is 2.10. The lowest BCUT2D eigenvalue weighted by Gasteiger charge is -2.15. The Bertz CT molecular complexity index is 453. The summed E-state index contributed by atoms with van der Waals surface area (Å²) in [5.74, 6) is 0. The number of nitriles is 1. The van der Waals surface area contributed by atoms with Gasteiger partial charge in [0.05, 0.1) is 37.1 Å². The third-order valence-corrected chi connectivity index (χ3v) is 3.17. The third-order valence-electron chi connectivity index (χ3n) is 3.17. The molecule has 0 bridgehead atoms. The maximum atomic E-state index is 9.82.